The van der Waals surface area contributed by atoms with E-state index in [1.54, 1.807) is 19.9 Å². The minimum Gasteiger partial charge on any atom is -0.447 e. The molecule has 0 amide bonds. The molecule has 108 valence electrons. The zero-order valence-corrected chi connectivity index (χ0v) is 11.9. The quantitative estimate of drug-likeness (QED) is 0.777. The molecule has 2 heterocycles. The number of esters is 1. The zero-order valence-electron chi connectivity index (χ0n) is 11.9. The molecule has 0 aliphatic carbocycles. The van der Waals surface area contributed by atoms with E-state index in [0.29, 0.717) is 5.89 Å². The summed E-state index contributed by atoms with van der Waals surface area (Å²) in [5, 5.41) is 11.3. The van der Waals surface area contributed by atoms with E-state index < -0.39 is 12.1 Å². The summed E-state index contributed by atoms with van der Waals surface area (Å²) >= 11 is 0. The molecule has 2 aromatic rings. The highest BCUT2D eigenvalue weighted by Crippen LogP contribution is 2.21. The Balaban J connectivity index is 2.03. The van der Waals surface area contributed by atoms with Gasteiger partial charge in [-0.1, -0.05) is 19.0 Å². The van der Waals surface area contributed by atoms with Crippen LogP contribution in [0.4, 0.5) is 0 Å². The van der Waals surface area contributed by atoms with E-state index in [-0.39, 0.29) is 17.6 Å². The predicted molar refractivity (Wildman–Crippen MR) is 68.1 cm³/mol. The Bertz CT molecular complexity index is 590. The van der Waals surface area contributed by atoms with Crippen LogP contribution in [0, 0.1) is 6.92 Å². The summed E-state index contributed by atoms with van der Waals surface area (Å²) in [5.74, 6) is 0.370. The van der Waals surface area contributed by atoms with E-state index in [1.807, 2.05) is 13.8 Å². The normalized spacial score (nSPS) is 14.0. The first kappa shape index (κ1) is 14.2. The van der Waals surface area contributed by atoms with E-state index in [2.05, 4.69) is 15.4 Å². The number of carbonyl (C=O) groups excluding carboxylic acids is 1. The van der Waals surface area contributed by atoms with Gasteiger partial charge in [0.2, 0.25) is 11.7 Å². The van der Waals surface area contributed by atoms with Gasteiger partial charge >= 0.3 is 5.97 Å². The van der Waals surface area contributed by atoms with Crippen LogP contribution in [0.15, 0.2) is 15.0 Å². The van der Waals surface area contributed by atoms with E-state index in [0.717, 1.165) is 12.1 Å². The predicted octanol–water partition coefficient (Wildman–Crippen LogP) is 2.80. The second-order valence-corrected chi connectivity index (χ2v) is 4.63. The van der Waals surface area contributed by atoms with Crippen LogP contribution in [-0.2, 0) is 4.74 Å². The van der Waals surface area contributed by atoms with Crippen LogP contribution in [0.2, 0.25) is 0 Å². The summed E-state index contributed by atoms with van der Waals surface area (Å²) in [5.41, 5.74) is 0.737. The molecule has 2 atom stereocenters. The highest BCUT2D eigenvalue weighted by atomic mass is 16.6. The summed E-state index contributed by atoms with van der Waals surface area (Å²) in [6.45, 7) is 7.37. The lowest BCUT2D eigenvalue weighted by atomic mass is 10.1. The van der Waals surface area contributed by atoms with Gasteiger partial charge in [0.1, 0.15) is 0 Å². The topological polar surface area (TPSA) is 91.2 Å². The van der Waals surface area contributed by atoms with Crippen molar-refractivity contribution < 1.29 is 18.5 Å². The van der Waals surface area contributed by atoms with Gasteiger partial charge in [-0.3, -0.25) is 0 Å². The molecule has 0 saturated heterocycles. The monoisotopic (exact) mass is 279 g/mol. The number of nitrogens with zero attached hydrogens (tertiary/aromatic N) is 3. The van der Waals surface area contributed by atoms with E-state index in [1.165, 1.54) is 0 Å². The largest absolute Gasteiger partial charge is 0.447 e. The standard InChI is InChI=1S/C13H17N3O4/c1-5-7(2)10-6-11(20-16-10)13(17)18-8(3)12-15-14-9(4)19-12/h6-8H,5H2,1-4H3/t7-,8-/m0/s1. The first-order valence-corrected chi connectivity index (χ1v) is 6.48. The third-order valence-electron chi connectivity index (χ3n) is 3.02. The second-order valence-electron chi connectivity index (χ2n) is 4.63. The fourth-order valence-corrected chi connectivity index (χ4v) is 1.57. The average molecular weight is 279 g/mol. The molecule has 0 aliphatic rings. The number of ether oxygens (including phenoxy) is 1. The lowest BCUT2D eigenvalue weighted by molar-refractivity contribution is 0.0232. The lowest BCUT2D eigenvalue weighted by Crippen LogP contribution is -2.08. The van der Waals surface area contributed by atoms with Crippen LogP contribution >= 0.6 is 0 Å². The molecule has 0 spiro atoms. The third kappa shape index (κ3) is 3.04. The minimum atomic E-state index is -0.638. The SMILES string of the molecule is CC[C@H](C)c1cc(C(=O)O[C@@H](C)c2nnc(C)o2)on1. The molecule has 0 bridgehead atoms. The maximum Gasteiger partial charge on any atom is 0.377 e. The van der Waals surface area contributed by atoms with Crippen molar-refractivity contribution >= 4 is 5.97 Å². The minimum absolute atomic E-state index is 0.0726. The van der Waals surface area contributed by atoms with Gasteiger partial charge in [0.05, 0.1) is 5.69 Å². The maximum absolute atomic E-state index is 11.9. The van der Waals surface area contributed by atoms with Gasteiger partial charge in [-0.15, -0.1) is 10.2 Å². The van der Waals surface area contributed by atoms with Crippen molar-refractivity contribution in [3.8, 4) is 0 Å². The van der Waals surface area contributed by atoms with Crippen LogP contribution in [0.1, 0.15) is 67.2 Å². The summed E-state index contributed by atoms with van der Waals surface area (Å²) in [6.07, 6.45) is 0.277. The third-order valence-corrected chi connectivity index (χ3v) is 3.02. The average Bonchev–Trinajstić information content (AvgIpc) is 3.06. The first-order valence-electron chi connectivity index (χ1n) is 6.48. The summed E-state index contributed by atoms with van der Waals surface area (Å²) in [4.78, 5) is 11.9. The molecule has 0 unspecified atom stereocenters. The van der Waals surface area contributed by atoms with Gasteiger partial charge in [-0.25, -0.2) is 4.79 Å². The van der Waals surface area contributed by atoms with E-state index in [4.69, 9.17) is 13.7 Å². The first-order chi connectivity index (χ1) is 9.51. The van der Waals surface area contributed by atoms with Crippen LogP contribution in [0.3, 0.4) is 0 Å². The van der Waals surface area contributed by atoms with Crippen LogP contribution in [0.25, 0.3) is 0 Å². The molecule has 20 heavy (non-hydrogen) atoms. The van der Waals surface area contributed by atoms with Crippen molar-refractivity contribution in [1.82, 2.24) is 15.4 Å². The Hall–Kier alpha value is -2.18. The Kier molecular flexibility index (Phi) is 4.16. The molecule has 2 rings (SSSR count). The molecule has 0 N–H and O–H groups in total. The summed E-state index contributed by atoms with van der Waals surface area (Å²) in [6, 6.07) is 1.60. The van der Waals surface area contributed by atoms with Crippen molar-refractivity contribution in [1.29, 1.82) is 0 Å². The molecule has 0 aromatic carbocycles. The molecule has 7 nitrogen and oxygen atoms in total. The Morgan fingerprint density at radius 1 is 1.40 bits per heavy atom. The van der Waals surface area contributed by atoms with Gasteiger partial charge in [-0.05, 0) is 13.3 Å². The van der Waals surface area contributed by atoms with Gasteiger partial charge in [0.15, 0.2) is 6.10 Å². The highest BCUT2D eigenvalue weighted by molar-refractivity contribution is 5.86. The molecule has 0 radical (unpaired) electrons. The number of hydrogen-bond donors (Lipinski definition) is 0. The molecular weight excluding hydrogens is 262 g/mol. The summed E-state index contributed by atoms with van der Waals surface area (Å²) in [7, 11) is 0. The van der Waals surface area contributed by atoms with Gasteiger partial charge in [0, 0.05) is 18.9 Å². The lowest BCUT2D eigenvalue weighted by Gasteiger charge is -2.06. The molecule has 0 saturated carbocycles. The second kappa shape index (κ2) is 5.85. The maximum atomic E-state index is 11.9. The fraction of sp³-hybridized carbons (Fsp3) is 0.538. The summed E-state index contributed by atoms with van der Waals surface area (Å²) < 4.78 is 15.4. The number of rotatable bonds is 5. The van der Waals surface area contributed by atoms with Crippen LogP contribution in [-0.4, -0.2) is 21.3 Å². The number of aryl methyl sites for hydroxylation is 1. The number of hydrogen-bond acceptors (Lipinski definition) is 7. The Morgan fingerprint density at radius 3 is 2.75 bits per heavy atom. The number of aromatic nitrogens is 3. The van der Waals surface area contributed by atoms with Crippen molar-refractivity contribution in [3.63, 3.8) is 0 Å². The molecule has 0 fully saturated rings. The number of carbonyl (C=O) groups is 1. The zero-order chi connectivity index (χ0) is 14.7. The molecule has 7 heteroatoms. The Labute approximate surface area is 116 Å². The van der Waals surface area contributed by atoms with Crippen molar-refractivity contribution in [2.75, 3.05) is 0 Å². The van der Waals surface area contributed by atoms with Crippen molar-refractivity contribution in [3.05, 3.63) is 29.3 Å². The molecule has 0 aliphatic heterocycles. The van der Waals surface area contributed by atoms with Gasteiger partial charge in [-0.2, -0.15) is 0 Å². The van der Waals surface area contributed by atoms with Crippen LogP contribution in [0.5, 0.6) is 0 Å². The Morgan fingerprint density at radius 2 is 2.15 bits per heavy atom. The van der Waals surface area contributed by atoms with Gasteiger partial charge < -0.3 is 13.7 Å². The molecule has 2 aromatic heterocycles. The van der Waals surface area contributed by atoms with Crippen LogP contribution < -0.4 is 0 Å². The van der Waals surface area contributed by atoms with Crippen molar-refractivity contribution in [2.45, 2.75) is 46.1 Å². The van der Waals surface area contributed by atoms with E-state index in [9.17, 15) is 4.79 Å². The highest BCUT2D eigenvalue weighted by Gasteiger charge is 2.22. The molecular formula is C13H17N3O4. The van der Waals surface area contributed by atoms with Gasteiger partial charge in [0.25, 0.3) is 5.89 Å². The van der Waals surface area contributed by atoms with E-state index >= 15 is 0 Å². The fourth-order valence-electron chi connectivity index (χ4n) is 1.57. The van der Waals surface area contributed by atoms with Crippen molar-refractivity contribution in [2.24, 2.45) is 0 Å². The smallest absolute Gasteiger partial charge is 0.377 e.